The summed E-state index contributed by atoms with van der Waals surface area (Å²) in [6.07, 6.45) is 11.6. The van der Waals surface area contributed by atoms with Crippen LogP contribution in [0.4, 0.5) is 5.82 Å². The summed E-state index contributed by atoms with van der Waals surface area (Å²) in [6, 6.07) is 3.82. The molecule has 2 aliphatic rings. The molecule has 0 unspecified atom stereocenters. The molecule has 4 nitrogen and oxygen atoms in total. The predicted molar refractivity (Wildman–Crippen MR) is 98.5 cm³/mol. The van der Waals surface area contributed by atoms with Crippen LogP contribution >= 0.6 is 11.6 Å². The van der Waals surface area contributed by atoms with E-state index in [0.29, 0.717) is 10.9 Å². The minimum Gasteiger partial charge on any atom is -0.353 e. The van der Waals surface area contributed by atoms with Crippen molar-refractivity contribution in [3.8, 4) is 0 Å². The summed E-state index contributed by atoms with van der Waals surface area (Å²) in [7, 11) is 0. The lowest BCUT2D eigenvalue weighted by molar-refractivity contribution is -0.131. The van der Waals surface area contributed by atoms with E-state index in [9.17, 15) is 4.79 Å². The fraction of sp³-hybridized carbons (Fsp3) is 0.684. The highest BCUT2D eigenvalue weighted by Crippen LogP contribution is 2.27. The third-order valence-corrected chi connectivity index (χ3v) is 5.62. The van der Waals surface area contributed by atoms with E-state index >= 15 is 0 Å². The maximum atomic E-state index is 12.4. The normalized spacial score (nSPS) is 19.5. The Hall–Kier alpha value is -1.29. The molecule has 0 radical (unpaired) electrons. The lowest BCUT2D eigenvalue weighted by atomic mass is 9.86. The monoisotopic (exact) mass is 349 g/mol. The van der Waals surface area contributed by atoms with Crippen molar-refractivity contribution in [3.63, 3.8) is 0 Å². The highest BCUT2D eigenvalue weighted by molar-refractivity contribution is 6.30. The molecule has 1 saturated heterocycles. The summed E-state index contributed by atoms with van der Waals surface area (Å²) >= 11 is 5.89. The SMILES string of the molecule is O=C(CCCC1CCCCC1)N1CCN(c2ccc(Cl)cn2)CC1. The van der Waals surface area contributed by atoms with Gasteiger partial charge in [-0.15, -0.1) is 0 Å². The number of nitrogens with zero attached hydrogens (tertiary/aromatic N) is 3. The van der Waals surface area contributed by atoms with Crippen LogP contribution < -0.4 is 4.90 Å². The number of halogens is 1. The highest BCUT2D eigenvalue weighted by Gasteiger charge is 2.22. The van der Waals surface area contributed by atoms with Gasteiger partial charge in [0.25, 0.3) is 0 Å². The van der Waals surface area contributed by atoms with Gasteiger partial charge in [0, 0.05) is 38.8 Å². The molecule has 1 aromatic heterocycles. The summed E-state index contributed by atoms with van der Waals surface area (Å²) in [4.78, 5) is 21.0. The summed E-state index contributed by atoms with van der Waals surface area (Å²) < 4.78 is 0. The van der Waals surface area contributed by atoms with Crippen LogP contribution in [0.25, 0.3) is 0 Å². The number of aromatic nitrogens is 1. The van der Waals surface area contributed by atoms with Crippen molar-refractivity contribution in [1.82, 2.24) is 9.88 Å². The lowest BCUT2D eigenvalue weighted by Crippen LogP contribution is -2.49. The van der Waals surface area contributed by atoms with E-state index in [0.717, 1.165) is 50.8 Å². The largest absolute Gasteiger partial charge is 0.353 e. The third kappa shape index (κ3) is 4.85. The fourth-order valence-electron chi connectivity index (χ4n) is 3.92. The molecular formula is C19H28ClN3O. The average molecular weight is 350 g/mol. The third-order valence-electron chi connectivity index (χ3n) is 5.40. The molecule has 1 aliphatic heterocycles. The minimum absolute atomic E-state index is 0.328. The number of anilines is 1. The van der Waals surface area contributed by atoms with Crippen LogP contribution in [0.15, 0.2) is 18.3 Å². The van der Waals surface area contributed by atoms with Crippen LogP contribution in [0.3, 0.4) is 0 Å². The number of carbonyl (C=O) groups is 1. The number of hydrogen-bond donors (Lipinski definition) is 0. The second-order valence-corrected chi connectivity index (χ2v) is 7.54. The quantitative estimate of drug-likeness (QED) is 0.801. The van der Waals surface area contributed by atoms with E-state index in [4.69, 9.17) is 11.6 Å². The van der Waals surface area contributed by atoms with Gasteiger partial charge in [-0.1, -0.05) is 43.7 Å². The average Bonchev–Trinajstić information content (AvgIpc) is 2.63. The standard InChI is InChI=1S/C19H28ClN3O/c20-17-9-10-18(21-15-17)22-11-13-23(14-12-22)19(24)8-4-7-16-5-2-1-3-6-16/h9-10,15-16H,1-8,11-14H2. The molecule has 3 rings (SSSR count). The van der Waals surface area contributed by atoms with Crippen molar-refractivity contribution >= 4 is 23.3 Å². The zero-order valence-corrected chi connectivity index (χ0v) is 15.2. The molecule has 24 heavy (non-hydrogen) atoms. The first kappa shape index (κ1) is 17.5. The van der Waals surface area contributed by atoms with Crippen LogP contribution in [0, 0.1) is 5.92 Å². The van der Waals surface area contributed by atoms with Gasteiger partial charge in [0.1, 0.15) is 5.82 Å². The number of pyridine rings is 1. The summed E-state index contributed by atoms with van der Waals surface area (Å²) in [5, 5.41) is 0.658. The summed E-state index contributed by atoms with van der Waals surface area (Å²) in [6.45, 7) is 3.30. The summed E-state index contributed by atoms with van der Waals surface area (Å²) in [5.74, 6) is 2.15. The van der Waals surface area contributed by atoms with Crippen LogP contribution in [0.1, 0.15) is 51.4 Å². The van der Waals surface area contributed by atoms with Gasteiger partial charge in [-0.2, -0.15) is 0 Å². The van der Waals surface area contributed by atoms with E-state index < -0.39 is 0 Å². The molecule has 0 bridgehead atoms. The van der Waals surface area contributed by atoms with E-state index in [1.54, 1.807) is 6.20 Å². The first-order valence-electron chi connectivity index (χ1n) is 9.36. The topological polar surface area (TPSA) is 36.4 Å². The van der Waals surface area contributed by atoms with Gasteiger partial charge in [0.05, 0.1) is 5.02 Å². The van der Waals surface area contributed by atoms with Crippen LogP contribution in [0.2, 0.25) is 5.02 Å². The Morgan fingerprint density at radius 2 is 1.88 bits per heavy atom. The molecule has 5 heteroatoms. The molecule has 1 aliphatic carbocycles. The van der Waals surface area contributed by atoms with Gasteiger partial charge in [-0.25, -0.2) is 4.98 Å². The molecule has 1 amide bonds. The first-order chi connectivity index (χ1) is 11.7. The molecule has 0 N–H and O–H groups in total. The number of amides is 1. The van der Waals surface area contributed by atoms with Crippen molar-refractivity contribution < 1.29 is 4.79 Å². The Morgan fingerprint density at radius 1 is 1.12 bits per heavy atom. The zero-order valence-electron chi connectivity index (χ0n) is 14.4. The highest BCUT2D eigenvalue weighted by atomic mass is 35.5. The van der Waals surface area contributed by atoms with Gasteiger partial charge in [0.15, 0.2) is 0 Å². The number of hydrogen-bond acceptors (Lipinski definition) is 3. The molecule has 2 fully saturated rings. The lowest BCUT2D eigenvalue weighted by Gasteiger charge is -2.35. The molecule has 0 spiro atoms. The van der Waals surface area contributed by atoms with E-state index in [1.165, 1.54) is 38.5 Å². The van der Waals surface area contributed by atoms with Crippen molar-refractivity contribution in [2.24, 2.45) is 5.92 Å². The Morgan fingerprint density at radius 3 is 2.54 bits per heavy atom. The maximum Gasteiger partial charge on any atom is 0.222 e. The maximum absolute atomic E-state index is 12.4. The fourth-order valence-corrected chi connectivity index (χ4v) is 4.03. The molecule has 0 aromatic carbocycles. The molecule has 0 atom stereocenters. The van der Waals surface area contributed by atoms with Gasteiger partial charge in [0.2, 0.25) is 5.91 Å². The Balaban J connectivity index is 1.37. The van der Waals surface area contributed by atoms with Crippen molar-refractivity contribution in [3.05, 3.63) is 23.4 Å². The number of piperazine rings is 1. The first-order valence-corrected chi connectivity index (χ1v) is 9.74. The molecular weight excluding hydrogens is 322 g/mol. The van der Waals surface area contributed by atoms with E-state index in [-0.39, 0.29) is 0 Å². The van der Waals surface area contributed by atoms with Gasteiger partial charge in [-0.3, -0.25) is 4.79 Å². The van der Waals surface area contributed by atoms with Gasteiger partial charge >= 0.3 is 0 Å². The second kappa shape index (κ2) is 8.70. The molecule has 132 valence electrons. The predicted octanol–water partition coefficient (Wildman–Crippen LogP) is 4.13. The molecule has 2 heterocycles. The Labute approximate surface area is 150 Å². The smallest absolute Gasteiger partial charge is 0.222 e. The van der Waals surface area contributed by atoms with Crippen molar-refractivity contribution in [2.75, 3.05) is 31.1 Å². The Bertz CT molecular complexity index is 520. The summed E-state index contributed by atoms with van der Waals surface area (Å²) in [5.41, 5.74) is 0. The molecule has 1 aromatic rings. The number of carbonyl (C=O) groups excluding carboxylic acids is 1. The minimum atomic E-state index is 0.328. The van der Waals surface area contributed by atoms with Gasteiger partial charge < -0.3 is 9.80 Å². The van der Waals surface area contributed by atoms with Crippen LogP contribution in [0.5, 0.6) is 0 Å². The second-order valence-electron chi connectivity index (χ2n) is 7.10. The molecule has 1 saturated carbocycles. The Kier molecular flexibility index (Phi) is 6.36. The van der Waals surface area contributed by atoms with Gasteiger partial charge in [-0.05, 0) is 30.9 Å². The van der Waals surface area contributed by atoms with E-state index in [2.05, 4.69) is 9.88 Å². The van der Waals surface area contributed by atoms with Crippen molar-refractivity contribution in [2.45, 2.75) is 51.4 Å². The van der Waals surface area contributed by atoms with Crippen LogP contribution in [-0.2, 0) is 4.79 Å². The van der Waals surface area contributed by atoms with Crippen molar-refractivity contribution in [1.29, 1.82) is 0 Å². The van der Waals surface area contributed by atoms with E-state index in [1.807, 2.05) is 17.0 Å². The number of rotatable bonds is 5. The zero-order chi connectivity index (χ0) is 16.8. The van der Waals surface area contributed by atoms with Crippen LogP contribution in [-0.4, -0.2) is 42.0 Å².